The number of rotatable bonds is 2. The zero-order chi connectivity index (χ0) is 9.10. The Kier molecular flexibility index (Phi) is 6.98. The summed E-state index contributed by atoms with van der Waals surface area (Å²) in [5.74, 6) is 1.21. The van der Waals surface area contributed by atoms with Crippen molar-refractivity contribution in [1.29, 1.82) is 0 Å². The van der Waals surface area contributed by atoms with Crippen LogP contribution in [0.1, 0.15) is 38.1 Å². The van der Waals surface area contributed by atoms with Crippen molar-refractivity contribution in [1.82, 2.24) is 14.9 Å². The minimum Gasteiger partial charge on any atom is -0.334 e. The highest BCUT2D eigenvalue weighted by molar-refractivity contribution is 5.85. The highest BCUT2D eigenvalue weighted by atomic mass is 35.5. The molecule has 1 atom stereocenters. The minimum absolute atomic E-state index is 0. The maximum absolute atomic E-state index is 4.41. The van der Waals surface area contributed by atoms with E-state index in [-0.39, 0.29) is 24.8 Å². The Morgan fingerprint density at radius 3 is 2.87 bits per heavy atom. The number of nitrogens with one attached hydrogen (secondary N) is 1. The van der Waals surface area contributed by atoms with Crippen molar-refractivity contribution in [2.24, 2.45) is 0 Å². The lowest BCUT2D eigenvalue weighted by molar-refractivity contribution is 0.386. The van der Waals surface area contributed by atoms with E-state index in [2.05, 4.69) is 28.0 Å². The van der Waals surface area contributed by atoms with E-state index in [1.54, 1.807) is 0 Å². The molecule has 1 aromatic heterocycles. The van der Waals surface area contributed by atoms with E-state index in [1.165, 1.54) is 25.1 Å². The van der Waals surface area contributed by atoms with Gasteiger partial charge in [-0.2, -0.15) is 0 Å². The van der Waals surface area contributed by atoms with E-state index in [1.807, 2.05) is 6.20 Å². The Morgan fingerprint density at radius 2 is 2.27 bits per heavy atom. The average Bonchev–Trinajstić information content (AvgIpc) is 2.67. The molecule has 2 rings (SSSR count). The van der Waals surface area contributed by atoms with E-state index in [0.29, 0.717) is 6.04 Å². The fraction of sp³-hybridized carbons (Fsp3) is 0.700. The Hall–Kier alpha value is -0.250. The molecule has 88 valence electrons. The third-order valence-corrected chi connectivity index (χ3v) is 2.71. The van der Waals surface area contributed by atoms with Crippen molar-refractivity contribution in [2.45, 2.75) is 38.8 Å². The van der Waals surface area contributed by atoms with Gasteiger partial charge in [-0.1, -0.05) is 6.42 Å². The predicted molar refractivity (Wildman–Crippen MR) is 67.0 cm³/mol. The van der Waals surface area contributed by atoms with E-state index in [4.69, 9.17) is 0 Å². The van der Waals surface area contributed by atoms with Gasteiger partial charge in [-0.05, 0) is 26.3 Å². The van der Waals surface area contributed by atoms with Crippen LogP contribution in [-0.2, 0) is 6.54 Å². The van der Waals surface area contributed by atoms with Crippen LogP contribution >= 0.6 is 24.8 Å². The quantitative estimate of drug-likeness (QED) is 0.876. The van der Waals surface area contributed by atoms with Gasteiger partial charge in [0.1, 0.15) is 5.82 Å². The first-order valence-corrected chi connectivity index (χ1v) is 5.16. The number of aryl methyl sites for hydroxylation is 1. The van der Waals surface area contributed by atoms with Crippen molar-refractivity contribution in [3.8, 4) is 0 Å². The third kappa shape index (κ3) is 3.37. The van der Waals surface area contributed by atoms with Crippen LogP contribution in [0.4, 0.5) is 0 Å². The van der Waals surface area contributed by atoms with E-state index in [9.17, 15) is 0 Å². The van der Waals surface area contributed by atoms with Gasteiger partial charge in [-0.25, -0.2) is 4.98 Å². The summed E-state index contributed by atoms with van der Waals surface area (Å²) in [6.07, 6.45) is 7.83. The summed E-state index contributed by atoms with van der Waals surface area (Å²) in [6, 6.07) is 0.490. The number of imidazole rings is 1. The number of aromatic nitrogens is 2. The number of halogens is 2. The first-order valence-electron chi connectivity index (χ1n) is 5.16. The molecule has 2 heterocycles. The molecular weight excluding hydrogens is 233 g/mol. The number of piperidine rings is 1. The van der Waals surface area contributed by atoms with Crippen LogP contribution in [-0.4, -0.2) is 16.1 Å². The minimum atomic E-state index is 0. The summed E-state index contributed by atoms with van der Waals surface area (Å²) in [5, 5.41) is 3.51. The molecule has 1 unspecified atom stereocenters. The Bertz CT molecular complexity index is 269. The van der Waals surface area contributed by atoms with Crippen molar-refractivity contribution < 1.29 is 0 Å². The molecule has 5 heteroatoms. The van der Waals surface area contributed by atoms with Crippen molar-refractivity contribution in [2.75, 3.05) is 6.54 Å². The van der Waals surface area contributed by atoms with Gasteiger partial charge in [0.05, 0.1) is 6.04 Å². The molecule has 0 saturated carbocycles. The normalized spacial score (nSPS) is 20.2. The van der Waals surface area contributed by atoms with Gasteiger partial charge in [-0.15, -0.1) is 24.8 Å². The average molecular weight is 252 g/mol. The van der Waals surface area contributed by atoms with E-state index >= 15 is 0 Å². The van der Waals surface area contributed by atoms with Gasteiger partial charge in [0.15, 0.2) is 0 Å². The van der Waals surface area contributed by atoms with Crippen LogP contribution in [0.25, 0.3) is 0 Å². The second kappa shape index (κ2) is 7.09. The van der Waals surface area contributed by atoms with Crippen LogP contribution < -0.4 is 5.32 Å². The predicted octanol–water partition coefficient (Wildman–Crippen LogP) is 2.56. The summed E-state index contributed by atoms with van der Waals surface area (Å²) < 4.78 is 2.23. The van der Waals surface area contributed by atoms with Crippen LogP contribution in [0.3, 0.4) is 0 Å². The summed E-state index contributed by atoms with van der Waals surface area (Å²) in [4.78, 5) is 4.41. The van der Waals surface area contributed by atoms with Gasteiger partial charge < -0.3 is 9.88 Å². The molecule has 0 radical (unpaired) electrons. The molecule has 3 nitrogen and oxygen atoms in total. The Labute approximate surface area is 103 Å². The Balaban J connectivity index is 0.000000980. The molecule has 1 aliphatic rings. The largest absolute Gasteiger partial charge is 0.334 e. The van der Waals surface area contributed by atoms with E-state index in [0.717, 1.165) is 13.1 Å². The molecule has 0 aromatic carbocycles. The van der Waals surface area contributed by atoms with Crippen molar-refractivity contribution in [3.05, 3.63) is 18.2 Å². The van der Waals surface area contributed by atoms with Gasteiger partial charge in [0.25, 0.3) is 0 Å². The maximum atomic E-state index is 4.41. The first kappa shape index (κ1) is 14.8. The maximum Gasteiger partial charge on any atom is 0.125 e. The molecule has 15 heavy (non-hydrogen) atoms. The zero-order valence-corrected chi connectivity index (χ0v) is 10.6. The fourth-order valence-corrected chi connectivity index (χ4v) is 1.97. The van der Waals surface area contributed by atoms with Crippen LogP contribution in [0, 0.1) is 0 Å². The third-order valence-electron chi connectivity index (χ3n) is 2.71. The fourth-order valence-electron chi connectivity index (χ4n) is 1.97. The highest BCUT2D eigenvalue weighted by Crippen LogP contribution is 2.21. The summed E-state index contributed by atoms with van der Waals surface area (Å²) >= 11 is 0. The lowest BCUT2D eigenvalue weighted by Gasteiger charge is -2.23. The monoisotopic (exact) mass is 251 g/mol. The molecule has 1 aromatic rings. The van der Waals surface area contributed by atoms with Crippen LogP contribution in [0.5, 0.6) is 0 Å². The number of hydrogen-bond acceptors (Lipinski definition) is 2. The molecule has 0 spiro atoms. The Morgan fingerprint density at radius 1 is 1.47 bits per heavy atom. The molecule has 0 amide bonds. The highest BCUT2D eigenvalue weighted by Gasteiger charge is 2.18. The number of hydrogen-bond donors (Lipinski definition) is 1. The van der Waals surface area contributed by atoms with Gasteiger partial charge >= 0.3 is 0 Å². The van der Waals surface area contributed by atoms with Crippen molar-refractivity contribution in [3.63, 3.8) is 0 Å². The lowest BCUT2D eigenvalue weighted by atomic mass is 10.0. The topological polar surface area (TPSA) is 29.9 Å². The molecule has 1 fully saturated rings. The summed E-state index contributed by atoms with van der Waals surface area (Å²) in [7, 11) is 0. The molecule has 1 aliphatic heterocycles. The smallest absolute Gasteiger partial charge is 0.125 e. The molecule has 1 N–H and O–H groups in total. The molecule has 0 bridgehead atoms. The van der Waals surface area contributed by atoms with Gasteiger partial charge in [-0.3, -0.25) is 0 Å². The molecule has 1 saturated heterocycles. The van der Waals surface area contributed by atoms with E-state index < -0.39 is 0 Å². The summed E-state index contributed by atoms with van der Waals surface area (Å²) in [6.45, 7) is 4.32. The van der Waals surface area contributed by atoms with Crippen LogP contribution in [0.2, 0.25) is 0 Å². The van der Waals surface area contributed by atoms with Crippen LogP contribution in [0.15, 0.2) is 12.4 Å². The zero-order valence-electron chi connectivity index (χ0n) is 8.98. The van der Waals surface area contributed by atoms with Gasteiger partial charge in [0, 0.05) is 18.9 Å². The SMILES string of the molecule is CCn1ccnc1C1CCCCN1.Cl.Cl. The number of nitrogens with zero attached hydrogens (tertiary/aromatic N) is 2. The summed E-state index contributed by atoms with van der Waals surface area (Å²) in [5.41, 5.74) is 0. The second-order valence-corrected chi connectivity index (χ2v) is 3.57. The first-order chi connectivity index (χ1) is 6.42. The second-order valence-electron chi connectivity index (χ2n) is 3.57. The molecule has 0 aliphatic carbocycles. The molecular formula is C10H19Cl2N3. The van der Waals surface area contributed by atoms with Gasteiger partial charge in [0.2, 0.25) is 0 Å². The standard InChI is InChI=1S/C10H17N3.2ClH/c1-2-13-8-7-12-10(13)9-5-3-4-6-11-9;;/h7-9,11H,2-6H2,1H3;2*1H. The van der Waals surface area contributed by atoms with Crippen molar-refractivity contribution >= 4 is 24.8 Å². The lowest BCUT2D eigenvalue weighted by Crippen LogP contribution is -2.29.